The van der Waals surface area contributed by atoms with Gasteiger partial charge in [-0.15, -0.1) is 0 Å². The van der Waals surface area contributed by atoms with Gasteiger partial charge in [-0.25, -0.2) is 0 Å². The molecule has 0 amide bonds. The van der Waals surface area contributed by atoms with Gasteiger partial charge in [0.25, 0.3) is 0 Å². The Morgan fingerprint density at radius 1 is 1.24 bits per heavy atom. The first-order valence-corrected chi connectivity index (χ1v) is 9.04. The standard InChI is InChI=1S/C21H25NO3/c1-4-14-9-11-15(12-10-14)19-18(21(24)25-5-2)13(3)22-16-7-6-8-17(23)20(16)19/h9-12,18-19,22H,3-8H2,1-2H3. The molecule has 1 aromatic carbocycles. The van der Waals surface area contributed by atoms with Crippen molar-refractivity contribution in [3.63, 3.8) is 0 Å². The second kappa shape index (κ2) is 7.26. The minimum atomic E-state index is -0.576. The average Bonchev–Trinajstić information content (AvgIpc) is 2.61. The van der Waals surface area contributed by atoms with Crippen LogP contribution in [0.1, 0.15) is 50.2 Å². The number of carbonyl (C=O) groups excluding carboxylic acids is 2. The second-order valence-electron chi connectivity index (χ2n) is 6.62. The number of aryl methyl sites for hydroxylation is 1. The number of hydrogen-bond acceptors (Lipinski definition) is 4. The lowest BCUT2D eigenvalue weighted by molar-refractivity contribution is -0.147. The molecule has 0 spiro atoms. The molecule has 1 N–H and O–H groups in total. The van der Waals surface area contributed by atoms with E-state index in [2.05, 4.69) is 31.0 Å². The van der Waals surface area contributed by atoms with Crippen molar-refractivity contribution in [1.82, 2.24) is 5.32 Å². The van der Waals surface area contributed by atoms with Crippen LogP contribution in [0.5, 0.6) is 0 Å². The number of esters is 1. The summed E-state index contributed by atoms with van der Waals surface area (Å²) in [5.74, 6) is -1.09. The number of carbonyl (C=O) groups is 2. The van der Waals surface area contributed by atoms with E-state index in [1.54, 1.807) is 6.92 Å². The quantitative estimate of drug-likeness (QED) is 0.851. The van der Waals surface area contributed by atoms with E-state index in [4.69, 9.17) is 4.74 Å². The van der Waals surface area contributed by atoms with Gasteiger partial charge < -0.3 is 10.1 Å². The summed E-state index contributed by atoms with van der Waals surface area (Å²) >= 11 is 0. The molecule has 3 rings (SSSR count). The fourth-order valence-electron chi connectivity index (χ4n) is 3.82. The number of ether oxygens (including phenoxy) is 1. The van der Waals surface area contributed by atoms with Gasteiger partial charge in [-0.1, -0.05) is 37.8 Å². The summed E-state index contributed by atoms with van der Waals surface area (Å²) in [6.07, 6.45) is 3.14. The van der Waals surface area contributed by atoms with Crippen molar-refractivity contribution >= 4 is 11.8 Å². The van der Waals surface area contributed by atoms with Gasteiger partial charge >= 0.3 is 5.97 Å². The van der Waals surface area contributed by atoms with Crippen LogP contribution >= 0.6 is 0 Å². The van der Waals surface area contributed by atoms with Gasteiger partial charge in [0.2, 0.25) is 0 Å². The highest BCUT2D eigenvalue weighted by Gasteiger charge is 2.43. The molecule has 1 aliphatic heterocycles. The van der Waals surface area contributed by atoms with E-state index >= 15 is 0 Å². The molecule has 2 unspecified atom stereocenters. The molecular weight excluding hydrogens is 314 g/mol. The predicted molar refractivity (Wildman–Crippen MR) is 96.8 cm³/mol. The van der Waals surface area contributed by atoms with Crippen molar-refractivity contribution in [3.8, 4) is 0 Å². The molecule has 4 heteroatoms. The summed E-state index contributed by atoms with van der Waals surface area (Å²) in [5.41, 5.74) is 4.48. The van der Waals surface area contributed by atoms with Crippen LogP contribution < -0.4 is 5.32 Å². The zero-order chi connectivity index (χ0) is 18.0. The van der Waals surface area contributed by atoms with Gasteiger partial charge in [0.1, 0.15) is 5.92 Å². The predicted octanol–water partition coefficient (Wildman–Crippen LogP) is 3.64. The number of ketones is 1. The normalized spacial score (nSPS) is 23.1. The van der Waals surface area contributed by atoms with Crippen LogP contribution in [0, 0.1) is 5.92 Å². The van der Waals surface area contributed by atoms with Gasteiger partial charge in [-0.2, -0.15) is 0 Å². The van der Waals surface area contributed by atoms with Crippen molar-refractivity contribution < 1.29 is 14.3 Å². The highest BCUT2D eigenvalue weighted by atomic mass is 16.5. The van der Waals surface area contributed by atoms with E-state index in [-0.39, 0.29) is 17.7 Å². The highest BCUT2D eigenvalue weighted by Crippen LogP contribution is 2.44. The van der Waals surface area contributed by atoms with Gasteiger partial charge in [0.05, 0.1) is 6.61 Å². The van der Waals surface area contributed by atoms with Crippen molar-refractivity contribution in [2.45, 2.75) is 45.4 Å². The summed E-state index contributed by atoms with van der Waals surface area (Å²) in [7, 11) is 0. The van der Waals surface area contributed by atoms with Crippen molar-refractivity contribution in [2.75, 3.05) is 6.61 Å². The van der Waals surface area contributed by atoms with E-state index in [1.807, 2.05) is 12.1 Å². The first kappa shape index (κ1) is 17.5. The molecule has 0 saturated carbocycles. The maximum absolute atomic E-state index is 12.7. The average molecular weight is 339 g/mol. The van der Waals surface area contributed by atoms with Crippen LogP contribution in [-0.4, -0.2) is 18.4 Å². The van der Waals surface area contributed by atoms with Gasteiger partial charge in [0.15, 0.2) is 5.78 Å². The molecule has 2 aliphatic rings. The van der Waals surface area contributed by atoms with Crippen molar-refractivity contribution in [2.24, 2.45) is 5.92 Å². The van der Waals surface area contributed by atoms with E-state index in [1.165, 1.54) is 5.56 Å². The maximum Gasteiger partial charge on any atom is 0.315 e. The first-order chi connectivity index (χ1) is 12.1. The fourth-order valence-corrected chi connectivity index (χ4v) is 3.82. The third-order valence-electron chi connectivity index (χ3n) is 5.07. The lowest BCUT2D eigenvalue weighted by Gasteiger charge is -2.38. The van der Waals surface area contributed by atoms with Gasteiger partial charge in [-0.05, 0) is 37.3 Å². The Morgan fingerprint density at radius 2 is 1.96 bits per heavy atom. The molecule has 0 saturated heterocycles. The van der Waals surface area contributed by atoms with Crippen LogP contribution in [0.2, 0.25) is 0 Å². The minimum absolute atomic E-state index is 0.125. The Kier molecular flexibility index (Phi) is 5.07. The monoisotopic (exact) mass is 339 g/mol. The Bertz CT molecular complexity index is 730. The van der Waals surface area contributed by atoms with Crippen molar-refractivity contribution in [3.05, 3.63) is 58.9 Å². The van der Waals surface area contributed by atoms with Crippen LogP contribution in [-0.2, 0) is 20.7 Å². The second-order valence-corrected chi connectivity index (χ2v) is 6.62. The summed E-state index contributed by atoms with van der Waals surface area (Å²) in [6.45, 7) is 8.27. The number of hydrogen-bond donors (Lipinski definition) is 1. The van der Waals surface area contributed by atoms with E-state index in [0.717, 1.165) is 36.1 Å². The molecule has 132 valence electrons. The lowest BCUT2D eigenvalue weighted by atomic mass is 9.71. The number of rotatable bonds is 4. The smallest absolute Gasteiger partial charge is 0.315 e. The number of benzene rings is 1. The lowest BCUT2D eigenvalue weighted by Crippen LogP contribution is -2.41. The zero-order valence-corrected chi connectivity index (χ0v) is 14.9. The topological polar surface area (TPSA) is 55.4 Å². The van der Waals surface area contributed by atoms with Crippen LogP contribution in [0.15, 0.2) is 47.8 Å². The molecule has 2 atom stereocenters. The van der Waals surface area contributed by atoms with Crippen LogP contribution in [0.25, 0.3) is 0 Å². The zero-order valence-electron chi connectivity index (χ0n) is 14.9. The van der Waals surface area contributed by atoms with Crippen LogP contribution in [0.3, 0.4) is 0 Å². The molecule has 1 heterocycles. The molecule has 0 bridgehead atoms. The Balaban J connectivity index is 2.11. The summed E-state index contributed by atoms with van der Waals surface area (Å²) in [5, 5.41) is 3.22. The molecular formula is C21H25NO3. The molecule has 25 heavy (non-hydrogen) atoms. The fraction of sp³-hybridized carbons (Fsp3) is 0.429. The number of nitrogens with one attached hydrogen (secondary N) is 1. The minimum Gasteiger partial charge on any atom is -0.465 e. The van der Waals surface area contributed by atoms with E-state index < -0.39 is 5.92 Å². The van der Waals surface area contributed by atoms with Crippen LogP contribution in [0.4, 0.5) is 0 Å². The molecule has 0 aromatic heterocycles. The SMILES string of the molecule is C=C1NC2=C(C(=O)CCC2)C(c2ccc(CC)cc2)C1C(=O)OCC. The Hall–Kier alpha value is -2.36. The van der Waals surface area contributed by atoms with E-state index in [9.17, 15) is 9.59 Å². The third kappa shape index (κ3) is 3.26. The highest BCUT2D eigenvalue weighted by molar-refractivity contribution is 6.00. The largest absolute Gasteiger partial charge is 0.465 e. The summed E-state index contributed by atoms with van der Waals surface area (Å²) < 4.78 is 5.29. The van der Waals surface area contributed by atoms with Gasteiger partial charge in [0, 0.05) is 29.3 Å². The molecule has 0 fully saturated rings. The first-order valence-electron chi connectivity index (χ1n) is 9.04. The van der Waals surface area contributed by atoms with Gasteiger partial charge in [-0.3, -0.25) is 9.59 Å². The third-order valence-corrected chi connectivity index (χ3v) is 5.07. The Labute approximate surface area is 149 Å². The van der Waals surface area contributed by atoms with Crippen molar-refractivity contribution in [1.29, 1.82) is 0 Å². The molecule has 4 nitrogen and oxygen atoms in total. The molecule has 1 aromatic rings. The van der Waals surface area contributed by atoms with E-state index in [0.29, 0.717) is 18.7 Å². The number of Topliss-reactive ketones (excluding diaryl/α,β-unsaturated/α-hetero) is 1. The molecule has 1 aliphatic carbocycles. The molecule has 0 radical (unpaired) electrons. The maximum atomic E-state index is 12.7. The summed E-state index contributed by atoms with van der Waals surface area (Å²) in [4.78, 5) is 25.3. The summed E-state index contributed by atoms with van der Waals surface area (Å²) in [6, 6.07) is 8.19. The Morgan fingerprint density at radius 3 is 2.60 bits per heavy atom. The number of allylic oxidation sites excluding steroid dienone is 2.